The van der Waals surface area contributed by atoms with Crippen LogP contribution < -0.4 is 14.4 Å². The highest BCUT2D eigenvalue weighted by atomic mass is 16.5. The van der Waals surface area contributed by atoms with Gasteiger partial charge in [0.25, 0.3) is 5.91 Å². The smallest absolute Gasteiger partial charge is 0.260 e. The number of hydrogen-bond donors (Lipinski definition) is 0. The van der Waals surface area contributed by atoms with Gasteiger partial charge >= 0.3 is 0 Å². The third kappa shape index (κ3) is 5.51. The van der Waals surface area contributed by atoms with E-state index in [1.807, 2.05) is 53.4 Å². The van der Waals surface area contributed by atoms with Crippen LogP contribution in [0, 0.1) is 0 Å². The van der Waals surface area contributed by atoms with Gasteiger partial charge in [-0.1, -0.05) is 18.2 Å². The fourth-order valence-electron chi connectivity index (χ4n) is 4.69. The van der Waals surface area contributed by atoms with Crippen LogP contribution in [0.15, 0.2) is 42.5 Å². The first-order valence-corrected chi connectivity index (χ1v) is 12.3. The molecule has 8 nitrogen and oxygen atoms in total. The Morgan fingerprint density at radius 2 is 1.66 bits per heavy atom. The zero-order valence-corrected chi connectivity index (χ0v) is 20.3. The van der Waals surface area contributed by atoms with E-state index in [9.17, 15) is 4.79 Å². The molecule has 2 fully saturated rings. The van der Waals surface area contributed by atoms with Crippen molar-refractivity contribution < 1.29 is 23.7 Å². The lowest BCUT2D eigenvalue weighted by Crippen LogP contribution is -2.45. The van der Waals surface area contributed by atoms with E-state index in [1.165, 1.54) is 0 Å². The Labute approximate surface area is 206 Å². The van der Waals surface area contributed by atoms with Gasteiger partial charge in [0, 0.05) is 49.4 Å². The maximum absolute atomic E-state index is 13.6. The zero-order chi connectivity index (χ0) is 24.0. The third-order valence-corrected chi connectivity index (χ3v) is 6.69. The third-order valence-electron chi connectivity index (χ3n) is 6.69. The molecule has 3 aliphatic heterocycles. The predicted molar refractivity (Wildman–Crippen MR) is 135 cm³/mol. The van der Waals surface area contributed by atoms with E-state index >= 15 is 0 Å². The Kier molecular flexibility index (Phi) is 7.63. The number of hydrogen-bond acceptors (Lipinski definition) is 7. The first-order chi connectivity index (χ1) is 17.2. The van der Waals surface area contributed by atoms with Crippen LogP contribution in [0.4, 0.5) is 5.69 Å². The number of nitrogens with zero attached hydrogens (tertiary/aromatic N) is 3. The van der Waals surface area contributed by atoms with Crippen molar-refractivity contribution in [3.63, 3.8) is 0 Å². The van der Waals surface area contributed by atoms with Crippen LogP contribution in [0.5, 0.6) is 11.5 Å². The molecule has 35 heavy (non-hydrogen) atoms. The maximum Gasteiger partial charge on any atom is 0.260 e. The molecule has 0 radical (unpaired) electrons. The highest BCUT2D eigenvalue weighted by Gasteiger charge is 2.33. The van der Waals surface area contributed by atoms with E-state index in [4.69, 9.17) is 18.9 Å². The van der Waals surface area contributed by atoms with E-state index in [1.54, 1.807) is 7.11 Å². The number of carbonyl (C=O) groups is 1. The number of ether oxygens (including phenoxy) is 4. The van der Waals surface area contributed by atoms with Crippen LogP contribution in [0.3, 0.4) is 0 Å². The molecule has 0 bridgehead atoms. The van der Waals surface area contributed by atoms with Gasteiger partial charge in [-0.25, -0.2) is 0 Å². The number of rotatable bonds is 8. The number of methoxy groups -OCH3 is 1. The van der Waals surface area contributed by atoms with Gasteiger partial charge in [-0.3, -0.25) is 19.5 Å². The largest absolute Gasteiger partial charge is 0.497 e. The lowest BCUT2D eigenvalue weighted by molar-refractivity contribution is -0.113. The van der Waals surface area contributed by atoms with Crippen LogP contribution in [0.1, 0.15) is 11.1 Å². The molecule has 0 saturated carbocycles. The molecule has 0 aliphatic carbocycles. The Hall–Kier alpha value is -2.91. The molecular formula is C27H33N3O5. The average molecular weight is 480 g/mol. The molecule has 1 amide bonds. The minimum atomic E-state index is -0.000205. The van der Waals surface area contributed by atoms with Crippen LogP contribution in [-0.2, 0) is 14.3 Å². The van der Waals surface area contributed by atoms with Gasteiger partial charge in [0.15, 0.2) is 0 Å². The number of amides is 1. The summed E-state index contributed by atoms with van der Waals surface area (Å²) in [6.45, 7) is 8.37. The van der Waals surface area contributed by atoms with Crippen molar-refractivity contribution in [3.8, 4) is 11.5 Å². The second kappa shape index (κ2) is 11.2. The summed E-state index contributed by atoms with van der Waals surface area (Å²) in [7, 11) is 1.64. The summed E-state index contributed by atoms with van der Waals surface area (Å²) < 4.78 is 22.6. The Balaban J connectivity index is 1.39. The fraction of sp³-hybridized carbons (Fsp3) is 0.444. The summed E-state index contributed by atoms with van der Waals surface area (Å²) in [5, 5.41) is 0. The molecule has 8 heteroatoms. The minimum Gasteiger partial charge on any atom is -0.497 e. The Bertz CT molecular complexity index is 1060. The summed E-state index contributed by atoms with van der Waals surface area (Å²) in [6, 6.07) is 13.7. The van der Waals surface area contributed by atoms with Gasteiger partial charge in [-0.05, 0) is 30.3 Å². The van der Waals surface area contributed by atoms with E-state index < -0.39 is 0 Å². The lowest BCUT2D eigenvalue weighted by atomic mass is 10.0. The van der Waals surface area contributed by atoms with Crippen molar-refractivity contribution >= 4 is 23.2 Å². The lowest BCUT2D eigenvalue weighted by Gasteiger charge is -2.30. The van der Waals surface area contributed by atoms with Gasteiger partial charge in [-0.15, -0.1) is 0 Å². The number of carbonyl (C=O) groups excluding carboxylic acids is 1. The van der Waals surface area contributed by atoms with Gasteiger partial charge in [0.05, 0.1) is 45.9 Å². The van der Waals surface area contributed by atoms with E-state index in [2.05, 4.69) is 9.80 Å². The Morgan fingerprint density at radius 3 is 2.40 bits per heavy atom. The molecule has 0 aromatic heterocycles. The highest BCUT2D eigenvalue weighted by Crippen LogP contribution is 2.39. The standard InChI is InChI=1S/C27H33N3O5/c1-32-22-6-7-26(35-17-12-28-8-13-33-14-9-28)21(18-22)19-24-23-4-2-3-5-25(23)30(27(24)31)20-29-10-15-34-16-11-29/h2-7,18-19H,8-17,20H2,1H3. The quantitative estimate of drug-likeness (QED) is 0.540. The summed E-state index contributed by atoms with van der Waals surface area (Å²) in [6.07, 6.45) is 1.94. The van der Waals surface area contributed by atoms with E-state index in [0.717, 1.165) is 74.3 Å². The van der Waals surface area contributed by atoms with E-state index in [-0.39, 0.29) is 5.91 Å². The average Bonchev–Trinajstić information content (AvgIpc) is 3.16. The van der Waals surface area contributed by atoms with Gasteiger partial charge in [-0.2, -0.15) is 0 Å². The fourth-order valence-corrected chi connectivity index (χ4v) is 4.69. The van der Waals surface area contributed by atoms with Gasteiger partial charge in [0.2, 0.25) is 0 Å². The maximum atomic E-state index is 13.6. The molecule has 2 aromatic rings. The normalized spacial score (nSPS) is 20.3. The predicted octanol–water partition coefficient (Wildman–Crippen LogP) is 2.58. The highest BCUT2D eigenvalue weighted by molar-refractivity contribution is 6.35. The SMILES string of the molecule is COc1ccc(OCCN2CCOCC2)c(C=C2C(=O)N(CN3CCOCC3)c3ccccc32)c1. The summed E-state index contributed by atoms with van der Waals surface area (Å²) in [5.74, 6) is 1.46. The molecule has 0 atom stereocenters. The van der Waals surface area contributed by atoms with Crippen molar-refractivity contribution in [1.29, 1.82) is 0 Å². The summed E-state index contributed by atoms with van der Waals surface area (Å²) in [4.78, 5) is 20.1. The molecule has 3 heterocycles. The molecule has 2 saturated heterocycles. The summed E-state index contributed by atoms with van der Waals surface area (Å²) >= 11 is 0. The van der Waals surface area contributed by atoms with Crippen LogP contribution in [0.2, 0.25) is 0 Å². The number of anilines is 1. The number of fused-ring (bicyclic) bond motifs is 1. The van der Waals surface area contributed by atoms with Crippen molar-refractivity contribution in [2.45, 2.75) is 0 Å². The Morgan fingerprint density at radius 1 is 0.943 bits per heavy atom. The molecule has 0 N–H and O–H groups in total. The molecule has 0 unspecified atom stereocenters. The van der Waals surface area contributed by atoms with E-state index in [0.29, 0.717) is 32.1 Å². The molecule has 0 spiro atoms. The van der Waals surface area contributed by atoms with Crippen molar-refractivity contribution in [2.24, 2.45) is 0 Å². The second-order valence-electron chi connectivity index (χ2n) is 8.89. The molecular weight excluding hydrogens is 446 g/mol. The van der Waals surface area contributed by atoms with Crippen molar-refractivity contribution in [3.05, 3.63) is 53.6 Å². The molecule has 2 aromatic carbocycles. The number of benzene rings is 2. The summed E-state index contributed by atoms with van der Waals surface area (Å²) in [5.41, 5.74) is 3.37. The number of para-hydroxylation sites is 1. The monoisotopic (exact) mass is 479 g/mol. The van der Waals surface area contributed by atoms with Crippen LogP contribution in [0.25, 0.3) is 11.6 Å². The first kappa shape index (κ1) is 23.8. The molecule has 5 rings (SSSR count). The molecule has 3 aliphatic rings. The zero-order valence-electron chi connectivity index (χ0n) is 20.3. The van der Waals surface area contributed by atoms with Crippen molar-refractivity contribution in [1.82, 2.24) is 9.80 Å². The van der Waals surface area contributed by atoms with Crippen LogP contribution in [-0.4, -0.2) is 95.2 Å². The van der Waals surface area contributed by atoms with Crippen LogP contribution >= 0.6 is 0 Å². The van der Waals surface area contributed by atoms with Gasteiger partial charge < -0.3 is 18.9 Å². The van der Waals surface area contributed by atoms with Crippen molar-refractivity contribution in [2.75, 3.05) is 84.4 Å². The minimum absolute atomic E-state index is 0.000205. The topological polar surface area (TPSA) is 63.7 Å². The van der Waals surface area contributed by atoms with Gasteiger partial charge in [0.1, 0.15) is 18.1 Å². The second-order valence-corrected chi connectivity index (χ2v) is 8.89. The first-order valence-electron chi connectivity index (χ1n) is 12.3. The number of morpholine rings is 2. The molecule has 186 valence electrons.